The predicted octanol–water partition coefficient (Wildman–Crippen LogP) is 1.03. The fourth-order valence-corrected chi connectivity index (χ4v) is 1.73. The molecule has 2 aromatic rings. The minimum Gasteiger partial charge on any atom is -0.387 e. The van der Waals surface area contributed by atoms with Gasteiger partial charge in [-0.2, -0.15) is 4.98 Å². The van der Waals surface area contributed by atoms with Gasteiger partial charge in [0, 0.05) is 5.92 Å². The molecule has 96 valence electrons. The van der Waals surface area contributed by atoms with Gasteiger partial charge in [0.2, 0.25) is 5.89 Å². The quantitative estimate of drug-likeness (QED) is 0.851. The molecule has 0 aliphatic heterocycles. The first-order chi connectivity index (χ1) is 8.76. The first-order valence-electron chi connectivity index (χ1n) is 6.17. The number of hydrogen-bond donors (Lipinski definition) is 1. The minimum absolute atomic E-state index is 0.392. The summed E-state index contributed by atoms with van der Waals surface area (Å²) in [5, 5.41) is 21.4. The Kier molecular flexibility index (Phi) is 2.83. The number of aliphatic hydroxyl groups is 1. The normalized spacial score (nSPS) is 17.0. The summed E-state index contributed by atoms with van der Waals surface area (Å²) in [5.74, 6) is 1.80. The highest BCUT2D eigenvalue weighted by molar-refractivity contribution is 5.04. The third-order valence-corrected chi connectivity index (χ3v) is 3.01. The van der Waals surface area contributed by atoms with Crippen LogP contribution in [0.5, 0.6) is 0 Å². The van der Waals surface area contributed by atoms with E-state index in [-0.39, 0.29) is 0 Å². The summed E-state index contributed by atoms with van der Waals surface area (Å²) in [7, 11) is 0. The first-order valence-corrected chi connectivity index (χ1v) is 6.17. The third kappa shape index (κ3) is 2.26. The van der Waals surface area contributed by atoms with Gasteiger partial charge in [-0.05, 0) is 19.3 Å². The topological polar surface area (TPSA) is 89.9 Å². The minimum atomic E-state index is -0.566. The summed E-state index contributed by atoms with van der Waals surface area (Å²) in [4.78, 5) is 4.31. The van der Waals surface area contributed by atoms with Crippen molar-refractivity contribution in [3.63, 3.8) is 0 Å². The molecule has 1 aliphatic carbocycles. The molecule has 1 unspecified atom stereocenters. The number of hydrogen-bond acceptors (Lipinski definition) is 6. The van der Waals surface area contributed by atoms with Gasteiger partial charge in [0.05, 0.1) is 12.3 Å². The van der Waals surface area contributed by atoms with Gasteiger partial charge < -0.3 is 9.63 Å². The smallest absolute Gasteiger partial charge is 0.248 e. The molecular weight excluding hydrogens is 234 g/mol. The van der Waals surface area contributed by atoms with Crippen LogP contribution in [-0.2, 0) is 6.54 Å². The molecule has 0 bridgehead atoms. The zero-order chi connectivity index (χ0) is 12.5. The Morgan fingerprint density at radius 3 is 3.11 bits per heavy atom. The van der Waals surface area contributed by atoms with E-state index in [0.717, 1.165) is 18.7 Å². The highest BCUT2D eigenvalue weighted by Gasteiger charge is 2.28. The third-order valence-electron chi connectivity index (χ3n) is 3.01. The van der Waals surface area contributed by atoms with Crippen molar-refractivity contribution in [3.05, 3.63) is 23.6 Å². The molecule has 1 N–H and O–H groups in total. The number of rotatable bonds is 5. The van der Waals surface area contributed by atoms with E-state index in [0.29, 0.717) is 30.5 Å². The molecule has 0 amide bonds. The van der Waals surface area contributed by atoms with E-state index in [2.05, 4.69) is 20.5 Å². The maximum absolute atomic E-state index is 9.63. The lowest BCUT2D eigenvalue weighted by Gasteiger charge is -2.00. The van der Waals surface area contributed by atoms with E-state index >= 15 is 0 Å². The highest BCUT2D eigenvalue weighted by Crippen LogP contribution is 2.38. The summed E-state index contributed by atoms with van der Waals surface area (Å²) in [5.41, 5.74) is 0.569. The second-order valence-corrected chi connectivity index (χ2v) is 4.59. The van der Waals surface area contributed by atoms with Crippen LogP contribution in [0.3, 0.4) is 0 Å². The van der Waals surface area contributed by atoms with Crippen LogP contribution in [0.4, 0.5) is 0 Å². The molecule has 0 saturated heterocycles. The van der Waals surface area contributed by atoms with E-state index < -0.39 is 6.10 Å². The molecule has 1 atom stereocenters. The molecule has 0 aromatic carbocycles. The Balaban J connectivity index is 1.69. The Bertz CT molecular complexity index is 531. The maximum Gasteiger partial charge on any atom is 0.248 e. The van der Waals surface area contributed by atoms with E-state index in [9.17, 15) is 5.11 Å². The van der Waals surface area contributed by atoms with Gasteiger partial charge in [-0.15, -0.1) is 5.10 Å². The zero-order valence-corrected chi connectivity index (χ0v) is 10.2. The van der Waals surface area contributed by atoms with Crippen LogP contribution in [0.25, 0.3) is 0 Å². The average molecular weight is 249 g/mol. The fourth-order valence-electron chi connectivity index (χ4n) is 1.73. The largest absolute Gasteiger partial charge is 0.387 e. The van der Waals surface area contributed by atoms with Crippen molar-refractivity contribution in [3.8, 4) is 0 Å². The number of aromatic nitrogens is 5. The average Bonchev–Trinajstić information content (AvgIpc) is 2.96. The van der Waals surface area contributed by atoms with Crippen LogP contribution in [-0.4, -0.2) is 30.2 Å². The molecule has 7 heteroatoms. The number of aliphatic hydroxyl groups excluding tert-OH is 1. The molecule has 7 nitrogen and oxygen atoms in total. The molecule has 2 aromatic heterocycles. The highest BCUT2D eigenvalue weighted by atomic mass is 16.5. The first kappa shape index (κ1) is 11.3. The van der Waals surface area contributed by atoms with Crippen LogP contribution < -0.4 is 0 Å². The molecule has 2 heterocycles. The number of nitrogens with zero attached hydrogens (tertiary/aromatic N) is 5. The van der Waals surface area contributed by atoms with Crippen molar-refractivity contribution in [2.45, 2.75) is 44.8 Å². The summed E-state index contributed by atoms with van der Waals surface area (Å²) in [6.07, 6.45) is 4.05. The van der Waals surface area contributed by atoms with Gasteiger partial charge in [-0.3, -0.25) is 0 Å². The predicted molar refractivity (Wildman–Crippen MR) is 60.6 cm³/mol. The molecule has 18 heavy (non-hydrogen) atoms. The van der Waals surface area contributed by atoms with Crippen LogP contribution in [0.1, 0.15) is 55.6 Å². The maximum atomic E-state index is 9.63. The Labute approximate surface area is 104 Å². The Morgan fingerprint density at radius 1 is 1.56 bits per heavy atom. The zero-order valence-electron chi connectivity index (χ0n) is 10.2. The fraction of sp³-hybridized carbons (Fsp3) is 0.636. The van der Waals surface area contributed by atoms with E-state index in [1.165, 1.54) is 0 Å². The van der Waals surface area contributed by atoms with E-state index in [1.807, 2.05) is 6.92 Å². The van der Waals surface area contributed by atoms with E-state index in [4.69, 9.17) is 4.52 Å². The Morgan fingerprint density at radius 2 is 2.39 bits per heavy atom. The lowest BCUT2D eigenvalue weighted by molar-refractivity contribution is 0.168. The monoisotopic (exact) mass is 249 g/mol. The van der Waals surface area contributed by atoms with Gasteiger partial charge >= 0.3 is 0 Å². The molecule has 1 fully saturated rings. The van der Waals surface area contributed by atoms with Crippen LogP contribution in [0, 0.1) is 0 Å². The molecule has 1 saturated carbocycles. The standard InChI is InChI=1S/C11H15N5O2/c1-2-9(17)8-5-16(15-13-8)6-10-12-11(14-18-10)7-3-4-7/h5,7,9,17H,2-4,6H2,1H3. The molecule has 3 rings (SSSR count). The SMILES string of the molecule is CCC(O)c1cn(Cc2nc(C3CC3)no2)nn1. The van der Waals surface area contributed by atoms with Gasteiger partial charge in [-0.1, -0.05) is 17.3 Å². The van der Waals surface area contributed by atoms with Crippen molar-refractivity contribution in [2.24, 2.45) is 0 Å². The van der Waals surface area contributed by atoms with Crippen molar-refractivity contribution in [1.29, 1.82) is 0 Å². The lowest BCUT2D eigenvalue weighted by Crippen LogP contribution is -2.01. The van der Waals surface area contributed by atoms with Crippen molar-refractivity contribution >= 4 is 0 Å². The van der Waals surface area contributed by atoms with E-state index in [1.54, 1.807) is 10.9 Å². The lowest BCUT2D eigenvalue weighted by atomic mass is 10.2. The van der Waals surface area contributed by atoms with Crippen LogP contribution in [0.15, 0.2) is 10.7 Å². The molecule has 1 aliphatic rings. The molecule has 0 radical (unpaired) electrons. The van der Waals surface area contributed by atoms with Crippen molar-refractivity contribution in [2.75, 3.05) is 0 Å². The summed E-state index contributed by atoms with van der Waals surface area (Å²) in [6, 6.07) is 0. The summed E-state index contributed by atoms with van der Waals surface area (Å²) >= 11 is 0. The van der Waals surface area contributed by atoms with Crippen molar-refractivity contribution in [1.82, 2.24) is 25.1 Å². The van der Waals surface area contributed by atoms with Crippen molar-refractivity contribution < 1.29 is 9.63 Å². The second-order valence-electron chi connectivity index (χ2n) is 4.59. The Hall–Kier alpha value is -1.76. The van der Waals surface area contributed by atoms with Gasteiger partial charge in [0.1, 0.15) is 12.2 Å². The van der Waals surface area contributed by atoms with Gasteiger partial charge in [-0.25, -0.2) is 4.68 Å². The summed E-state index contributed by atoms with van der Waals surface area (Å²) in [6.45, 7) is 2.28. The summed E-state index contributed by atoms with van der Waals surface area (Å²) < 4.78 is 6.75. The molecular formula is C11H15N5O2. The van der Waals surface area contributed by atoms with Gasteiger partial charge in [0.15, 0.2) is 5.82 Å². The van der Waals surface area contributed by atoms with Gasteiger partial charge in [0.25, 0.3) is 0 Å². The second kappa shape index (κ2) is 4.49. The molecule has 0 spiro atoms. The van der Waals surface area contributed by atoms with Crippen LogP contribution in [0.2, 0.25) is 0 Å². The van der Waals surface area contributed by atoms with Crippen LogP contribution >= 0.6 is 0 Å².